The number of hydrogen-bond acceptors (Lipinski definition) is 5. The van der Waals surface area contributed by atoms with E-state index in [4.69, 9.17) is 16.6 Å². The van der Waals surface area contributed by atoms with Gasteiger partial charge in [0.05, 0.1) is 6.04 Å². The van der Waals surface area contributed by atoms with Crippen LogP contribution in [0.1, 0.15) is 25.3 Å². The second kappa shape index (κ2) is 9.69. The summed E-state index contributed by atoms with van der Waals surface area (Å²) in [6.45, 7) is 1.29. The summed E-state index contributed by atoms with van der Waals surface area (Å²) in [7, 11) is 0. The number of rotatable bonds is 10. The van der Waals surface area contributed by atoms with Crippen molar-refractivity contribution < 1.29 is 24.3 Å². The van der Waals surface area contributed by atoms with Gasteiger partial charge in [-0.2, -0.15) is 0 Å². The Morgan fingerprint density at radius 2 is 1.83 bits per heavy atom. The third kappa shape index (κ3) is 6.04. The Morgan fingerprint density at radius 3 is 2.48 bits per heavy atom. The minimum absolute atomic E-state index is 0.0704. The molecule has 0 fully saturated rings. The van der Waals surface area contributed by atoms with Gasteiger partial charge in [0.15, 0.2) is 0 Å². The maximum atomic E-state index is 12.5. The van der Waals surface area contributed by atoms with Gasteiger partial charge in [-0.15, -0.1) is 0 Å². The lowest BCUT2D eigenvalue weighted by Gasteiger charge is -2.21. The number of carbonyl (C=O) groups is 4. The molecule has 0 unspecified atom stereocenters. The van der Waals surface area contributed by atoms with E-state index in [-0.39, 0.29) is 19.3 Å². The van der Waals surface area contributed by atoms with E-state index in [0.717, 1.165) is 16.5 Å². The van der Waals surface area contributed by atoms with Crippen molar-refractivity contribution in [2.75, 3.05) is 0 Å². The number of hydrogen-bond donors (Lipinski definition) is 6. The highest BCUT2D eigenvalue weighted by Gasteiger charge is 2.27. The van der Waals surface area contributed by atoms with E-state index in [1.807, 2.05) is 24.3 Å². The SMILES string of the molecule is C[C@H](NC(=O)[C@H](CCC(N)=O)NC(=O)[C@@H](N)Cc1c[nH]c2ccccc12)C(=O)O. The molecule has 8 N–H and O–H groups in total. The summed E-state index contributed by atoms with van der Waals surface area (Å²) >= 11 is 0. The quantitative estimate of drug-likeness (QED) is 0.307. The lowest BCUT2D eigenvalue weighted by molar-refractivity contribution is -0.141. The van der Waals surface area contributed by atoms with Crippen LogP contribution >= 0.6 is 0 Å². The molecule has 29 heavy (non-hydrogen) atoms. The first-order valence-electron chi connectivity index (χ1n) is 9.11. The van der Waals surface area contributed by atoms with E-state index in [2.05, 4.69) is 15.6 Å². The second-order valence-electron chi connectivity index (χ2n) is 6.80. The van der Waals surface area contributed by atoms with Gasteiger partial charge in [0.1, 0.15) is 12.1 Å². The molecule has 3 amide bonds. The fourth-order valence-corrected chi connectivity index (χ4v) is 2.84. The van der Waals surface area contributed by atoms with Crippen LogP contribution in [0.15, 0.2) is 30.5 Å². The van der Waals surface area contributed by atoms with Gasteiger partial charge in [0.25, 0.3) is 0 Å². The molecule has 0 saturated heterocycles. The van der Waals surface area contributed by atoms with Crippen molar-refractivity contribution >= 4 is 34.6 Å². The van der Waals surface area contributed by atoms with Crippen molar-refractivity contribution in [1.82, 2.24) is 15.6 Å². The molecule has 0 radical (unpaired) electrons. The summed E-state index contributed by atoms with van der Waals surface area (Å²) < 4.78 is 0. The average Bonchev–Trinajstić information content (AvgIpc) is 3.07. The van der Waals surface area contributed by atoms with E-state index >= 15 is 0 Å². The smallest absolute Gasteiger partial charge is 0.325 e. The normalized spacial score (nSPS) is 14.0. The summed E-state index contributed by atoms with van der Waals surface area (Å²) in [5, 5.41) is 14.6. The van der Waals surface area contributed by atoms with Crippen molar-refractivity contribution in [1.29, 1.82) is 0 Å². The molecule has 0 saturated carbocycles. The van der Waals surface area contributed by atoms with Gasteiger partial charge in [0, 0.05) is 23.5 Å². The number of fused-ring (bicyclic) bond motifs is 1. The second-order valence-corrected chi connectivity index (χ2v) is 6.80. The number of nitrogens with two attached hydrogens (primary N) is 2. The highest BCUT2D eigenvalue weighted by molar-refractivity contribution is 5.92. The van der Waals surface area contributed by atoms with E-state index in [1.165, 1.54) is 6.92 Å². The van der Waals surface area contributed by atoms with Crippen molar-refractivity contribution in [3.8, 4) is 0 Å². The summed E-state index contributed by atoms with van der Waals surface area (Å²) in [6, 6.07) is 4.32. The van der Waals surface area contributed by atoms with Crippen molar-refractivity contribution in [3.05, 3.63) is 36.0 Å². The number of benzene rings is 1. The predicted octanol–water partition coefficient (Wildman–Crippen LogP) is -0.623. The lowest BCUT2D eigenvalue weighted by Crippen LogP contribution is -2.54. The Bertz CT molecular complexity index is 909. The molecule has 1 aromatic heterocycles. The highest BCUT2D eigenvalue weighted by Crippen LogP contribution is 2.18. The monoisotopic (exact) mass is 403 g/mol. The van der Waals surface area contributed by atoms with Gasteiger partial charge < -0.3 is 32.2 Å². The largest absolute Gasteiger partial charge is 0.480 e. The molecule has 0 bridgehead atoms. The molecule has 0 aliphatic carbocycles. The molecule has 0 spiro atoms. The molecule has 2 rings (SSSR count). The molecule has 10 heteroatoms. The first-order valence-corrected chi connectivity index (χ1v) is 9.11. The zero-order chi connectivity index (χ0) is 21.6. The van der Waals surface area contributed by atoms with Gasteiger partial charge >= 0.3 is 5.97 Å². The van der Waals surface area contributed by atoms with E-state index in [9.17, 15) is 19.2 Å². The maximum Gasteiger partial charge on any atom is 0.325 e. The summed E-state index contributed by atoms with van der Waals surface area (Å²) in [5.74, 6) is -3.20. The first kappa shape index (κ1) is 21.9. The average molecular weight is 403 g/mol. The maximum absolute atomic E-state index is 12.5. The van der Waals surface area contributed by atoms with Crippen LogP contribution in [0.3, 0.4) is 0 Å². The number of carboxylic acid groups (broad SMARTS) is 1. The topological polar surface area (TPSA) is 180 Å². The number of nitrogens with one attached hydrogen (secondary N) is 3. The summed E-state index contributed by atoms with van der Waals surface area (Å²) in [4.78, 5) is 50.0. The van der Waals surface area contributed by atoms with Crippen LogP contribution in [0.2, 0.25) is 0 Å². The molecule has 0 aliphatic heterocycles. The third-order valence-corrected chi connectivity index (χ3v) is 4.49. The fourth-order valence-electron chi connectivity index (χ4n) is 2.84. The molecular weight excluding hydrogens is 378 g/mol. The zero-order valence-corrected chi connectivity index (χ0v) is 16.0. The number of para-hydroxylation sites is 1. The number of amides is 3. The van der Waals surface area contributed by atoms with Crippen LogP contribution < -0.4 is 22.1 Å². The number of aromatic amines is 1. The minimum Gasteiger partial charge on any atom is -0.480 e. The Balaban J connectivity index is 2.05. The molecule has 10 nitrogen and oxygen atoms in total. The van der Waals surface area contributed by atoms with Crippen LogP contribution in [0, 0.1) is 0 Å². The van der Waals surface area contributed by atoms with Crippen LogP contribution in [-0.2, 0) is 25.6 Å². The molecule has 1 heterocycles. The van der Waals surface area contributed by atoms with Crippen LogP contribution in [0.4, 0.5) is 0 Å². The number of carboxylic acids is 1. The zero-order valence-electron chi connectivity index (χ0n) is 16.0. The van der Waals surface area contributed by atoms with E-state index < -0.39 is 41.8 Å². The Hall–Kier alpha value is -3.40. The number of carbonyl (C=O) groups excluding carboxylic acids is 3. The molecule has 2 aromatic rings. The molecular formula is C19H25N5O5. The van der Waals surface area contributed by atoms with Crippen LogP contribution in [0.5, 0.6) is 0 Å². The van der Waals surface area contributed by atoms with Crippen molar-refractivity contribution in [2.45, 2.75) is 44.3 Å². The molecule has 3 atom stereocenters. The predicted molar refractivity (Wildman–Crippen MR) is 106 cm³/mol. The third-order valence-electron chi connectivity index (χ3n) is 4.49. The Labute approximate surface area is 167 Å². The molecule has 156 valence electrons. The van der Waals surface area contributed by atoms with Crippen molar-refractivity contribution in [2.24, 2.45) is 11.5 Å². The van der Waals surface area contributed by atoms with Crippen molar-refractivity contribution in [3.63, 3.8) is 0 Å². The number of aliphatic carboxylic acids is 1. The Kier molecular flexibility index (Phi) is 7.32. The lowest BCUT2D eigenvalue weighted by atomic mass is 10.0. The van der Waals surface area contributed by atoms with Gasteiger partial charge in [-0.05, 0) is 31.4 Å². The molecule has 1 aromatic carbocycles. The summed E-state index contributed by atoms with van der Waals surface area (Å²) in [6.07, 6.45) is 1.77. The molecule has 0 aliphatic rings. The van der Waals surface area contributed by atoms with Gasteiger partial charge in [-0.3, -0.25) is 19.2 Å². The first-order chi connectivity index (χ1) is 13.7. The van der Waals surface area contributed by atoms with Gasteiger partial charge in [0.2, 0.25) is 17.7 Å². The standard InChI is InChI=1S/C19H25N5O5/c1-10(19(28)29)23-18(27)15(6-7-16(21)25)24-17(26)13(20)8-11-9-22-14-5-3-2-4-12(11)14/h2-5,9-10,13,15,22H,6-8,20H2,1H3,(H2,21,25)(H,23,27)(H,24,26)(H,28,29)/t10-,13-,15-/m0/s1. The fraction of sp³-hybridized carbons (Fsp3) is 0.368. The van der Waals surface area contributed by atoms with Gasteiger partial charge in [-0.25, -0.2) is 0 Å². The summed E-state index contributed by atoms with van der Waals surface area (Å²) in [5.41, 5.74) is 12.9. The number of aromatic nitrogens is 1. The Morgan fingerprint density at radius 1 is 1.14 bits per heavy atom. The van der Waals surface area contributed by atoms with E-state index in [0.29, 0.717) is 0 Å². The number of primary amides is 1. The number of H-pyrrole nitrogens is 1. The van der Waals surface area contributed by atoms with E-state index in [1.54, 1.807) is 6.20 Å². The minimum atomic E-state index is -1.23. The van der Waals surface area contributed by atoms with Crippen LogP contribution in [0.25, 0.3) is 10.9 Å². The van der Waals surface area contributed by atoms with Crippen LogP contribution in [-0.4, -0.2) is 51.9 Å². The highest BCUT2D eigenvalue weighted by atomic mass is 16.4. The van der Waals surface area contributed by atoms with Gasteiger partial charge in [-0.1, -0.05) is 18.2 Å².